The summed E-state index contributed by atoms with van der Waals surface area (Å²) < 4.78 is 5.07. The Bertz CT molecular complexity index is 458. The van der Waals surface area contributed by atoms with Crippen molar-refractivity contribution in [1.29, 1.82) is 0 Å². The van der Waals surface area contributed by atoms with Gasteiger partial charge in [0.15, 0.2) is 11.5 Å². The van der Waals surface area contributed by atoms with Crippen LogP contribution in [0.5, 0.6) is 11.5 Å². The normalized spacial score (nSPS) is 17.9. The van der Waals surface area contributed by atoms with Crippen molar-refractivity contribution in [3.8, 4) is 11.5 Å². The lowest BCUT2D eigenvalue weighted by atomic mass is 10.0. The number of nitrogens with zero attached hydrogens (tertiary/aromatic N) is 1. The molecule has 0 aromatic heterocycles. The molecule has 19 heavy (non-hydrogen) atoms. The molecule has 1 heterocycles. The van der Waals surface area contributed by atoms with Crippen LogP contribution >= 0.6 is 0 Å². The topological polar surface area (TPSA) is 87.8 Å². The number of nitrogens with two attached hydrogens (primary N) is 1. The summed E-state index contributed by atoms with van der Waals surface area (Å²) in [5.74, 6) is 0.00306. The number of benzene rings is 1. The summed E-state index contributed by atoms with van der Waals surface area (Å²) >= 11 is 0. The number of phenols is 1. The molecule has 1 amide bonds. The number of rotatable bonds is 4. The number of phenolic OH excluding ortho intramolecular Hbond substituents is 1. The first-order valence-corrected chi connectivity index (χ1v) is 6.24. The smallest absolute Gasteiger partial charge is 0.239 e. The third-order valence-corrected chi connectivity index (χ3v) is 3.31. The molecule has 1 atom stereocenters. The molecule has 1 aromatic rings. The summed E-state index contributed by atoms with van der Waals surface area (Å²) in [5, 5.41) is 12.8. The Morgan fingerprint density at radius 1 is 1.47 bits per heavy atom. The van der Waals surface area contributed by atoms with Crippen molar-refractivity contribution in [1.82, 2.24) is 10.2 Å². The van der Waals surface area contributed by atoms with Gasteiger partial charge in [-0.3, -0.25) is 9.69 Å². The van der Waals surface area contributed by atoms with Gasteiger partial charge in [0.1, 0.15) is 6.04 Å². The molecular formula is C13H19N3O3. The Morgan fingerprint density at radius 3 is 2.74 bits per heavy atom. The highest BCUT2D eigenvalue weighted by Crippen LogP contribution is 2.31. The molecule has 6 nitrogen and oxygen atoms in total. The van der Waals surface area contributed by atoms with Crippen LogP contribution in [0.3, 0.4) is 0 Å². The van der Waals surface area contributed by atoms with Gasteiger partial charge in [0.05, 0.1) is 7.11 Å². The molecule has 4 N–H and O–H groups in total. The predicted octanol–water partition coefficient (Wildman–Crippen LogP) is -0.168. The van der Waals surface area contributed by atoms with Crippen LogP contribution < -0.4 is 15.8 Å². The number of carbonyl (C=O) groups is 1. The highest BCUT2D eigenvalue weighted by Gasteiger charge is 2.27. The molecule has 104 valence electrons. The molecule has 2 rings (SSSR count). The standard InChI is InChI=1S/C13H19N3O3/c1-19-11-8-9(2-3-10(11)17)12(13(14)18)16-6-4-15-5-7-16/h2-3,8,12,15,17H,4-7H2,1H3,(H2,14,18). The van der Waals surface area contributed by atoms with E-state index in [0.29, 0.717) is 5.75 Å². The van der Waals surface area contributed by atoms with Crippen LogP contribution in [0.25, 0.3) is 0 Å². The summed E-state index contributed by atoms with van der Waals surface area (Å²) in [6.07, 6.45) is 0. The zero-order valence-electron chi connectivity index (χ0n) is 10.9. The number of aromatic hydroxyl groups is 1. The molecule has 1 aromatic carbocycles. The van der Waals surface area contributed by atoms with Crippen molar-refractivity contribution in [2.24, 2.45) is 5.73 Å². The van der Waals surface area contributed by atoms with Crippen LogP contribution in [0.4, 0.5) is 0 Å². The van der Waals surface area contributed by atoms with Crippen LogP contribution in [-0.4, -0.2) is 49.2 Å². The zero-order valence-corrected chi connectivity index (χ0v) is 10.9. The molecule has 1 fully saturated rings. The average Bonchev–Trinajstić information content (AvgIpc) is 2.41. The number of carbonyl (C=O) groups excluding carboxylic acids is 1. The van der Waals surface area contributed by atoms with E-state index >= 15 is 0 Å². The van der Waals surface area contributed by atoms with Gasteiger partial charge in [-0.05, 0) is 17.7 Å². The van der Waals surface area contributed by atoms with Crippen molar-refractivity contribution < 1.29 is 14.6 Å². The minimum Gasteiger partial charge on any atom is -0.504 e. The third-order valence-electron chi connectivity index (χ3n) is 3.31. The van der Waals surface area contributed by atoms with Gasteiger partial charge in [0.25, 0.3) is 0 Å². The maximum atomic E-state index is 11.7. The quantitative estimate of drug-likeness (QED) is 0.703. The zero-order chi connectivity index (χ0) is 13.8. The second kappa shape index (κ2) is 5.90. The van der Waals surface area contributed by atoms with Crippen molar-refractivity contribution >= 4 is 5.91 Å². The van der Waals surface area contributed by atoms with Crippen molar-refractivity contribution in [2.75, 3.05) is 33.3 Å². The fourth-order valence-electron chi connectivity index (χ4n) is 2.36. The molecule has 0 saturated carbocycles. The van der Waals surface area contributed by atoms with E-state index in [1.807, 2.05) is 4.90 Å². The highest BCUT2D eigenvalue weighted by molar-refractivity contribution is 5.81. The Balaban J connectivity index is 2.30. The number of piperazine rings is 1. The molecule has 6 heteroatoms. The molecule has 0 aliphatic carbocycles. The number of ether oxygens (including phenoxy) is 1. The second-order valence-electron chi connectivity index (χ2n) is 4.52. The van der Waals surface area contributed by atoms with Gasteiger partial charge in [0, 0.05) is 26.2 Å². The summed E-state index contributed by atoms with van der Waals surface area (Å²) in [6, 6.07) is 4.39. The fraction of sp³-hybridized carbons (Fsp3) is 0.462. The second-order valence-corrected chi connectivity index (χ2v) is 4.52. The number of methoxy groups -OCH3 is 1. The maximum absolute atomic E-state index is 11.7. The van der Waals surface area contributed by atoms with Gasteiger partial charge in [0.2, 0.25) is 5.91 Å². The molecule has 1 unspecified atom stereocenters. The molecule has 0 spiro atoms. The van der Waals surface area contributed by atoms with Crippen molar-refractivity contribution in [3.05, 3.63) is 23.8 Å². The van der Waals surface area contributed by atoms with Crippen LogP contribution in [0.1, 0.15) is 11.6 Å². The minimum atomic E-state index is -0.489. The molecule has 1 saturated heterocycles. The summed E-state index contributed by atoms with van der Waals surface area (Å²) in [7, 11) is 1.48. The van der Waals surface area contributed by atoms with E-state index in [2.05, 4.69) is 5.32 Å². The van der Waals surface area contributed by atoms with Crippen LogP contribution in [0, 0.1) is 0 Å². The van der Waals surface area contributed by atoms with E-state index in [1.165, 1.54) is 13.2 Å². The molecule has 1 aliphatic heterocycles. The lowest BCUT2D eigenvalue weighted by molar-refractivity contribution is -0.123. The molecule has 0 bridgehead atoms. The van der Waals surface area contributed by atoms with Gasteiger partial charge in [-0.2, -0.15) is 0 Å². The first-order valence-electron chi connectivity index (χ1n) is 6.24. The molecule has 1 aliphatic rings. The Morgan fingerprint density at radius 2 is 2.16 bits per heavy atom. The van der Waals surface area contributed by atoms with E-state index in [0.717, 1.165) is 31.7 Å². The maximum Gasteiger partial charge on any atom is 0.239 e. The van der Waals surface area contributed by atoms with E-state index in [9.17, 15) is 9.90 Å². The Labute approximate surface area is 112 Å². The Kier molecular flexibility index (Phi) is 4.24. The van der Waals surface area contributed by atoms with E-state index in [1.54, 1.807) is 12.1 Å². The van der Waals surface area contributed by atoms with Gasteiger partial charge in [-0.15, -0.1) is 0 Å². The van der Waals surface area contributed by atoms with E-state index in [4.69, 9.17) is 10.5 Å². The van der Waals surface area contributed by atoms with E-state index in [-0.39, 0.29) is 5.75 Å². The van der Waals surface area contributed by atoms with E-state index < -0.39 is 11.9 Å². The van der Waals surface area contributed by atoms with Crippen molar-refractivity contribution in [3.63, 3.8) is 0 Å². The van der Waals surface area contributed by atoms with Crippen LogP contribution in [0.15, 0.2) is 18.2 Å². The van der Waals surface area contributed by atoms with Gasteiger partial charge in [-0.25, -0.2) is 0 Å². The summed E-state index contributed by atoms with van der Waals surface area (Å²) in [6.45, 7) is 3.19. The molecule has 0 radical (unpaired) electrons. The number of hydrogen-bond acceptors (Lipinski definition) is 5. The number of primary amides is 1. The van der Waals surface area contributed by atoms with Gasteiger partial charge < -0.3 is 20.9 Å². The van der Waals surface area contributed by atoms with Crippen LogP contribution in [-0.2, 0) is 4.79 Å². The predicted molar refractivity (Wildman–Crippen MR) is 71.0 cm³/mol. The number of hydrogen-bond donors (Lipinski definition) is 3. The highest BCUT2D eigenvalue weighted by atomic mass is 16.5. The number of nitrogens with one attached hydrogen (secondary N) is 1. The average molecular weight is 265 g/mol. The van der Waals surface area contributed by atoms with Crippen LogP contribution in [0.2, 0.25) is 0 Å². The molecular weight excluding hydrogens is 246 g/mol. The minimum absolute atomic E-state index is 0.0507. The SMILES string of the molecule is COc1cc(C(C(N)=O)N2CCNCC2)ccc1O. The number of amides is 1. The largest absolute Gasteiger partial charge is 0.504 e. The summed E-state index contributed by atoms with van der Waals surface area (Å²) in [5.41, 5.74) is 6.26. The first kappa shape index (κ1) is 13.6. The monoisotopic (exact) mass is 265 g/mol. The van der Waals surface area contributed by atoms with Gasteiger partial charge >= 0.3 is 0 Å². The third kappa shape index (κ3) is 2.97. The van der Waals surface area contributed by atoms with Gasteiger partial charge in [-0.1, -0.05) is 6.07 Å². The lowest BCUT2D eigenvalue weighted by Gasteiger charge is -2.33. The summed E-state index contributed by atoms with van der Waals surface area (Å²) in [4.78, 5) is 13.8. The van der Waals surface area contributed by atoms with Crippen molar-refractivity contribution in [2.45, 2.75) is 6.04 Å². The Hall–Kier alpha value is -1.79. The fourth-order valence-corrected chi connectivity index (χ4v) is 2.36. The first-order chi connectivity index (χ1) is 9.13. The lowest BCUT2D eigenvalue weighted by Crippen LogP contribution is -2.48.